The molecule has 0 spiro atoms. The van der Waals surface area contributed by atoms with E-state index in [1.807, 2.05) is 54.6 Å². The number of amidine groups is 1. The molecule has 166 valence electrons. The Bertz CT molecular complexity index is 1220. The van der Waals surface area contributed by atoms with Gasteiger partial charge in [-0.15, -0.1) is 0 Å². The van der Waals surface area contributed by atoms with Crippen LogP contribution in [0.25, 0.3) is 6.08 Å². The average molecular weight is 459 g/mol. The maximum atomic E-state index is 13.3. The molecule has 1 heterocycles. The zero-order valence-corrected chi connectivity index (χ0v) is 19.0. The zero-order valence-electron chi connectivity index (χ0n) is 18.2. The molecular weight excluding hydrogens is 436 g/mol. The molecule has 4 rings (SSSR count). The van der Waals surface area contributed by atoms with Crippen LogP contribution in [0.15, 0.2) is 89.6 Å². The summed E-state index contributed by atoms with van der Waals surface area (Å²) in [7, 11) is 3.17. The van der Waals surface area contributed by atoms with Crippen molar-refractivity contribution in [2.45, 2.75) is 0 Å². The number of hydrogen-bond acceptors (Lipinski definition) is 6. The summed E-state index contributed by atoms with van der Waals surface area (Å²) in [6.45, 7) is 0. The number of anilines is 1. The van der Waals surface area contributed by atoms with E-state index >= 15 is 0 Å². The molecule has 0 unspecified atom stereocenters. The zero-order chi connectivity index (χ0) is 23.2. The predicted molar refractivity (Wildman–Crippen MR) is 132 cm³/mol. The number of hydrogen-bond donors (Lipinski definition) is 0. The first-order valence-electron chi connectivity index (χ1n) is 10.2. The van der Waals surface area contributed by atoms with Gasteiger partial charge in [0.1, 0.15) is 17.2 Å². The third-order valence-corrected chi connectivity index (χ3v) is 5.93. The molecule has 0 fully saturated rings. The van der Waals surface area contributed by atoms with Crippen LogP contribution in [0.3, 0.4) is 0 Å². The van der Waals surface area contributed by atoms with Crippen molar-refractivity contribution >= 4 is 40.4 Å². The molecule has 1 aliphatic rings. The van der Waals surface area contributed by atoms with Crippen molar-refractivity contribution in [2.75, 3.05) is 24.9 Å². The number of rotatable bonds is 7. The lowest BCUT2D eigenvalue weighted by atomic mass is 10.2. The molecule has 0 aromatic heterocycles. The number of carbonyl (C=O) groups excluding carboxylic acids is 2. The standard InChI is InChI=1S/C26H22N2O4S/c1-31-21-13-11-18(12-14-21)15-23-25(30)28(20-9-6-10-22(16-20)32-2)26(27-23)33-17-24(29)19-7-4-3-5-8-19/h3-16H,17H2,1-2H3. The Labute approximate surface area is 196 Å². The smallest absolute Gasteiger partial charge is 0.283 e. The number of methoxy groups -OCH3 is 2. The first-order chi connectivity index (χ1) is 16.1. The van der Waals surface area contributed by atoms with Crippen LogP contribution >= 0.6 is 11.8 Å². The number of nitrogens with zero attached hydrogens (tertiary/aromatic N) is 2. The lowest BCUT2D eigenvalue weighted by Crippen LogP contribution is -2.30. The van der Waals surface area contributed by atoms with Crippen molar-refractivity contribution in [3.63, 3.8) is 0 Å². The van der Waals surface area contributed by atoms with Crippen LogP contribution < -0.4 is 14.4 Å². The highest BCUT2D eigenvalue weighted by atomic mass is 32.2. The first kappa shape index (κ1) is 22.4. The molecule has 6 nitrogen and oxygen atoms in total. The fraction of sp³-hybridized carbons (Fsp3) is 0.115. The van der Waals surface area contributed by atoms with Crippen molar-refractivity contribution in [1.29, 1.82) is 0 Å². The Balaban J connectivity index is 1.64. The van der Waals surface area contributed by atoms with Gasteiger partial charge >= 0.3 is 0 Å². The second-order valence-corrected chi connectivity index (χ2v) is 8.06. The Kier molecular flexibility index (Phi) is 6.90. The molecule has 0 aliphatic carbocycles. The maximum Gasteiger partial charge on any atom is 0.283 e. The maximum absolute atomic E-state index is 13.3. The fourth-order valence-corrected chi connectivity index (χ4v) is 4.17. The van der Waals surface area contributed by atoms with Crippen LogP contribution in [0.4, 0.5) is 5.69 Å². The molecule has 0 N–H and O–H groups in total. The van der Waals surface area contributed by atoms with Crippen LogP contribution in [-0.4, -0.2) is 36.8 Å². The topological polar surface area (TPSA) is 68.2 Å². The molecule has 0 atom stereocenters. The summed E-state index contributed by atoms with van der Waals surface area (Å²) in [6.07, 6.45) is 1.72. The molecule has 33 heavy (non-hydrogen) atoms. The summed E-state index contributed by atoms with van der Waals surface area (Å²) in [5, 5.41) is 0.442. The Morgan fingerprint density at radius 3 is 2.36 bits per heavy atom. The minimum Gasteiger partial charge on any atom is -0.497 e. The highest BCUT2D eigenvalue weighted by molar-refractivity contribution is 8.14. The highest BCUT2D eigenvalue weighted by Gasteiger charge is 2.32. The highest BCUT2D eigenvalue weighted by Crippen LogP contribution is 2.31. The van der Waals surface area contributed by atoms with Crippen molar-refractivity contribution in [3.8, 4) is 11.5 Å². The van der Waals surface area contributed by atoms with Gasteiger partial charge in [0.25, 0.3) is 5.91 Å². The second-order valence-electron chi connectivity index (χ2n) is 7.12. The summed E-state index contributed by atoms with van der Waals surface area (Å²) >= 11 is 1.23. The number of thioether (sulfide) groups is 1. The Morgan fingerprint density at radius 2 is 1.67 bits per heavy atom. The molecule has 0 radical (unpaired) electrons. The largest absolute Gasteiger partial charge is 0.497 e. The molecule has 7 heteroatoms. The fourth-order valence-electron chi connectivity index (χ4n) is 3.27. The summed E-state index contributed by atoms with van der Waals surface area (Å²) in [6, 6.07) is 23.6. The second kappa shape index (κ2) is 10.2. The summed E-state index contributed by atoms with van der Waals surface area (Å²) in [5.41, 5.74) is 2.35. The summed E-state index contributed by atoms with van der Waals surface area (Å²) in [5.74, 6) is 1.21. The third-order valence-electron chi connectivity index (χ3n) is 4.99. The van der Waals surface area contributed by atoms with Gasteiger partial charge in [0.2, 0.25) is 0 Å². The SMILES string of the molecule is COc1ccc(C=C2N=C(SCC(=O)c3ccccc3)N(c3cccc(OC)c3)C2=O)cc1. The van der Waals surface area contributed by atoms with E-state index in [9.17, 15) is 9.59 Å². The molecule has 3 aromatic rings. The van der Waals surface area contributed by atoms with Crippen LogP contribution in [0, 0.1) is 0 Å². The minimum absolute atomic E-state index is 0.0334. The van der Waals surface area contributed by atoms with E-state index in [0.717, 1.165) is 11.3 Å². The van der Waals surface area contributed by atoms with Gasteiger partial charge in [-0.25, -0.2) is 4.99 Å². The molecule has 0 saturated carbocycles. The summed E-state index contributed by atoms with van der Waals surface area (Å²) in [4.78, 5) is 32.1. The number of amides is 1. The van der Waals surface area contributed by atoms with Gasteiger partial charge in [0, 0.05) is 11.6 Å². The lowest BCUT2D eigenvalue weighted by Gasteiger charge is -2.18. The quantitative estimate of drug-likeness (QED) is 0.366. The van der Waals surface area contributed by atoms with Crippen LogP contribution in [-0.2, 0) is 4.79 Å². The van der Waals surface area contributed by atoms with E-state index in [0.29, 0.717) is 22.2 Å². The first-order valence-corrected chi connectivity index (χ1v) is 11.2. The van der Waals surface area contributed by atoms with E-state index in [2.05, 4.69) is 4.99 Å². The van der Waals surface area contributed by atoms with Gasteiger partial charge < -0.3 is 9.47 Å². The molecule has 0 saturated heterocycles. The van der Waals surface area contributed by atoms with Crippen LogP contribution in [0.2, 0.25) is 0 Å². The van der Waals surface area contributed by atoms with Crippen molar-refractivity contribution in [2.24, 2.45) is 4.99 Å². The van der Waals surface area contributed by atoms with E-state index in [1.54, 1.807) is 44.6 Å². The Morgan fingerprint density at radius 1 is 0.939 bits per heavy atom. The Hall–Kier alpha value is -3.84. The number of ether oxygens (including phenoxy) is 2. The average Bonchev–Trinajstić information content (AvgIpc) is 3.18. The number of Topliss-reactive ketones (excluding diaryl/α,β-unsaturated/α-hetero) is 1. The van der Waals surface area contributed by atoms with Crippen molar-refractivity contribution in [3.05, 3.63) is 95.7 Å². The molecule has 1 aliphatic heterocycles. The van der Waals surface area contributed by atoms with E-state index in [1.165, 1.54) is 16.7 Å². The molecule has 1 amide bonds. The van der Waals surface area contributed by atoms with Gasteiger partial charge in [-0.2, -0.15) is 0 Å². The van der Waals surface area contributed by atoms with Gasteiger partial charge in [-0.1, -0.05) is 60.3 Å². The minimum atomic E-state index is -0.270. The van der Waals surface area contributed by atoms with Crippen molar-refractivity contribution in [1.82, 2.24) is 0 Å². The normalized spacial score (nSPS) is 14.4. The number of benzene rings is 3. The van der Waals surface area contributed by atoms with E-state index < -0.39 is 0 Å². The van der Waals surface area contributed by atoms with Crippen LogP contribution in [0.1, 0.15) is 15.9 Å². The molecule has 0 bridgehead atoms. The van der Waals surface area contributed by atoms with Gasteiger partial charge in [-0.3, -0.25) is 14.5 Å². The lowest BCUT2D eigenvalue weighted by molar-refractivity contribution is -0.113. The van der Waals surface area contributed by atoms with Gasteiger partial charge in [-0.05, 0) is 35.9 Å². The van der Waals surface area contributed by atoms with E-state index in [-0.39, 0.29) is 23.1 Å². The molecule has 3 aromatic carbocycles. The molecular formula is C26H22N2O4S. The van der Waals surface area contributed by atoms with E-state index in [4.69, 9.17) is 9.47 Å². The predicted octanol–water partition coefficient (Wildman–Crippen LogP) is 5.06. The number of ketones is 1. The summed E-state index contributed by atoms with van der Waals surface area (Å²) < 4.78 is 10.5. The number of carbonyl (C=O) groups is 2. The number of aliphatic imine (C=N–C) groups is 1. The third kappa shape index (κ3) is 5.15. The monoisotopic (exact) mass is 458 g/mol. The van der Waals surface area contributed by atoms with Crippen LogP contribution in [0.5, 0.6) is 11.5 Å². The van der Waals surface area contributed by atoms with Gasteiger partial charge in [0.05, 0.1) is 25.7 Å². The van der Waals surface area contributed by atoms with Crippen molar-refractivity contribution < 1.29 is 19.1 Å². The van der Waals surface area contributed by atoms with Gasteiger partial charge in [0.15, 0.2) is 11.0 Å².